The Kier molecular flexibility index (Phi) is 3.19. The third-order valence-electron chi connectivity index (χ3n) is 4.27. The number of sulfone groups is 1. The average molecular weight is 328 g/mol. The van der Waals surface area contributed by atoms with E-state index in [1.165, 1.54) is 18.9 Å². The number of rotatable bonds is 3. The van der Waals surface area contributed by atoms with Gasteiger partial charge < -0.3 is 0 Å². The highest BCUT2D eigenvalue weighted by Gasteiger charge is 2.26. The molecule has 6 nitrogen and oxygen atoms in total. The van der Waals surface area contributed by atoms with Gasteiger partial charge in [-0.1, -0.05) is 36.8 Å². The highest BCUT2D eigenvalue weighted by molar-refractivity contribution is 7.90. The molecule has 1 aliphatic rings. The Hall–Kier alpha value is -2.28. The Balaban J connectivity index is 2.03. The van der Waals surface area contributed by atoms with Crippen LogP contribution < -0.4 is 0 Å². The predicted octanol–water partition coefficient (Wildman–Crippen LogP) is 2.46. The topological polar surface area (TPSA) is 77.2 Å². The van der Waals surface area contributed by atoms with Crippen LogP contribution in [0, 0.1) is 0 Å². The smallest absolute Gasteiger partial charge is 0.224 e. The molecule has 0 atom stereocenters. The van der Waals surface area contributed by atoms with Crippen LogP contribution in [0.5, 0.6) is 0 Å². The van der Waals surface area contributed by atoms with Crippen molar-refractivity contribution < 1.29 is 8.42 Å². The first kappa shape index (κ1) is 14.3. The standard InChI is InChI=1S/C16H16N4O2S/c1-23(21,22)13-10-17-16-18-15(12-8-5-9-12)19-20(16)14(13)11-6-3-2-4-7-11/h2-4,6-7,10,12H,5,8-9H2,1H3. The van der Waals surface area contributed by atoms with E-state index in [-0.39, 0.29) is 4.90 Å². The first-order valence-electron chi connectivity index (χ1n) is 7.55. The number of hydrogen-bond donors (Lipinski definition) is 0. The van der Waals surface area contributed by atoms with Gasteiger partial charge in [0.1, 0.15) is 4.90 Å². The molecule has 0 bridgehead atoms. The van der Waals surface area contributed by atoms with Gasteiger partial charge in [-0.15, -0.1) is 5.10 Å². The van der Waals surface area contributed by atoms with Gasteiger partial charge in [-0.05, 0) is 12.8 Å². The van der Waals surface area contributed by atoms with Crippen LogP contribution in [-0.2, 0) is 9.84 Å². The summed E-state index contributed by atoms with van der Waals surface area (Å²) in [5.41, 5.74) is 1.31. The number of fused-ring (bicyclic) bond motifs is 1. The molecule has 7 heteroatoms. The maximum Gasteiger partial charge on any atom is 0.253 e. The van der Waals surface area contributed by atoms with Crippen LogP contribution >= 0.6 is 0 Å². The minimum absolute atomic E-state index is 0.168. The van der Waals surface area contributed by atoms with E-state index in [1.54, 1.807) is 4.52 Å². The zero-order chi connectivity index (χ0) is 16.0. The predicted molar refractivity (Wildman–Crippen MR) is 85.9 cm³/mol. The van der Waals surface area contributed by atoms with Crippen molar-refractivity contribution >= 4 is 15.6 Å². The van der Waals surface area contributed by atoms with Crippen LogP contribution in [0.15, 0.2) is 41.4 Å². The van der Waals surface area contributed by atoms with Crippen molar-refractivity contribution in [2.75, 3.05) is 6.26 Å². The molecule has 1 saturated carbocycles. The van der Waals surface area contributed by atoms with E-state index in [4.69, 9.17) is 0 Å². The summed E-state index contributed by atoms with van der Waals surface area (Å²) >= 11 is 0. The number of hydrogen-bond acceptors (Lipinski definition) is 5. The van der Waals surface area contributed by atoms with Crippen LogP contribution in [0.3, 0.4) is 0 Å². The summed E-state index contributed by atoms with van der Waals surface area (Å²) in [6.07, 6.45) is 5.92. The molecule has 0 N–H and O–H groups in total. The summed E-state index contributed by atoms with van der Waals surface area (Å²) in [7, 11) is -3.43. The SMILES string of the molecule is CS(=O)(=O)c1cnc2nc(C3CCC3)nn2c1-c1ccccc1. The van der Waals surface area contributed by atoms with Gasteiger partial charge in [-0.2, -0.15) is 9.50 Å². The van der Waals surface area contributed by atoms with Crippen molar-refractivity contribution in [1.29, 1.82) is 0 Å². The van der Waals surface area contributed by atoms with Crippen molar-refractivity contribution in [3.05, 3.63) is 42.4 Å². The molecule has 1 aromatic carbocycles. The van der Waals surface area contributed by atoms with Crippen LogP contribution in [0.25, 0.3) is 17.0 Å². The lowest BCUT2D eigenvalue weighted by molar-refractivity contribution is 0.402. The Morgan fingerprint density at radius 3 is 2.52 bits per heavy atom. The number of aromatic nitrogens is 4. The van der Waals surface area contributed by atoms with Gasteiger partial charge in [0.25, 0.3) is 5.78 Å². The lowest BCUT2D eigenvalue weighted by Crippen LogP contribution is -2.11. The Morgan fingerprint density at radius 2 is 1.91 bits per heavy atom. The first-order chi connectivity index (χ1) is 11.0. The first-order valence-corrected chi connectivity index (χ1v) is 9.44. The average Bonchev–Trinajstić information content (AvgIpc) is 2.87. The second-order valence-corrected chi connectivity index (χ2v) is 7.90. The van der Waals surface area contributed by atoms with E-state index in [2.05, 4.69) is 15.1 Å². The van der Waals surface area contributed by atoms with Crippen molar-refractivity contribution in [3.8, 4) is 11.3 Å². The van der Waals surface area contributed by atoms with E-state index < -0.39 is 9.84 Å². The molecule has 0 aliphatic heterocycles. The molecule has 23 heavy (non-hydrogen) atoms. The lowest BCUT2D eigenvalue weighted by atomic mass is 9.85. The summed E-state index contributed by atoms with van der Waals surface area (Å²) in [5.74, 6) is 1.56. The number of nitrogens with zero attached hydrogens (tertiary/aromatic N) is 4. The van der Waals surface area contributed by atoms with E-state index in [0.29, 0.717) is 17.4 Å². The van der Waals surface area contributed by atoms with Crippen molar-refractivity contribution in [2.24, 2.45) is 0 Å². The molecule has 0 radical (unpaired) electrons. The van der Waals surface area contributed by atoms with E-state index in [0.717, 1.165) is 24.2 Å². The number of benzene rings is 1. The molecule has 0 amide bonds. The largest absolute Gasteiger partial charge is 0.253 e. The van der Waals surface area contributed by atoms with Gasteiger partial charge in [0.2, 0.25) is 0 Å². The maximum atomic E-state index is 12.2. The van der Waals surface area contributed by atoms with Crippen molar-refractivity contribution in [3.63, 3.8) is 0 Å². The molecular weight excluding hydrogens is 312 g/mol. The van der Waals surface area contributed by atoms with Crippen LogP contribution in [0.1, 0.15) is 31.0 Å². The highest BCUT2D eigenvalue weighted by atomic mass is 32.2. The van der Waals surface area contributed by atoms with Crippen LogP contribution in [0.4, 0.5) is 0 Å². The lowest BCUT2D eigenvalue weighted by Gasteiger charge is -2.21. The quantitative estimate of drug-likeness (QED) is 0.738. The molecule has 3 aromatic rings. The molecule has 0 spiro atoms. The van der Waals surface area contributed by atoms with E-state index in [9.17, 15) is 8.42 Å². The van der Waals surface area contributed by atoms with Gasteiger partial charge in [-0.25, -0.2) is 13.4 Å². The molecule has 0 saturated heterocycles. The minimum atomic E-state index is -3.43. The van der Waals surface area contributed by atoms with Gasteiger partial charge in [0.05, 0.1) is 11.9 Å². The highest BCUT2D eigenvalue weighted by Crippen LogP contribution is 2.35. The Morgan fingerprint density at radius 1 is 1.17 bits per heavy atom. The van der Waals surface area contributed by atoms with Gasteiger partial charge in [-0.3, -0.25) is 0 Å². The van der Waals surface area contributed by atoms with Crippen molar-refractivity contribution in [1.82, 2.24) is 19.6 Å². The monoisotopic (exact) mass is 328 g/mol. The molecule has 2 heterocycles. The van der Waals surface area contributed by atoms with Crippen LogP contribution in [0.2, 0.25) is 0 Å². The minimum Gasteiger partial charge on any atom is -0.224 e. The summed E-state index contributed by atoms with van der Waals surface area (Å²) in [4.78, 5) is 8.86. The normalized spacial score (nSPS) is 15.7. The molecule has 0 unspecified atom stereocenters. The fraction of sp³-hybridized carbons (Fsp3) is 0.312. The molecule has 1 fully saturated rings. The Labute approximate surface area is 134 Å². The molecule has 118 valence electrons. The van der Waals surface area contributed by atoms with Gasteiger partial charge >= 0.3 is 0 Å². The van der Waals surface area contributed by atoms with Crippen LogP contribution in [-0.4, -0.2) is 34.3 Å². The van der Waals surface area contributed by atoms with Crippen molar-refractivity contribution in [2.45, 2.75) is 30.1 Å². The molecule has 2 aromatic heterocycles. The molecule has 4 rings (SSSR count). The summed E-state index contributed by atoms with van der Waals surface area (Å²) < 4.78 is 25.9. The van der Waals surface area contributed by atoms with E-state index in [1.807, 2.05) is 30.3 Å². The van der Waals surface area contributed by atoms with Gasteiger partial charge in [0, 0.05) is 17.7 Å². The molecule has 1 aliphatic carbocycles. The van der Waals surface area contributed by atoms with Gasteiger partial charge in [0.15, 0.2) is 15.7 Å². The third-order valence-corrected chi connectivity index (χ3v) is 5.36. The van der Waals surface area contributed by atoms with E-state index >= 15 is 0 Å². The Bertz CT molecular complexity index is 976. The fourth-order valence-corrected chi connectivity index (χ4v) is 3.61. The third kappa shape index (κ3) is 2.41. The maximum absolute atomic E-state index is 12.2. The summed E-state index contributed by atoms with van der Waals surface area (Å²) in [6.45, 7) is 0. The molecular formula is C16H16N4O2S. The second-order valence-electron chi connectivity index (χ2n) is 5.92. The zero-order valence-electron chi connectivity index (χ0n) is 12.7. The zero-order valence-corrected chi connectivity index (χ0v) is 13.5. The second kappa shape index (κ2) is 5.13. The summed E-state index contributed by atoms with van der Waals surface area (Å²) in [5, 5.41) is 4.56. The fourth-order valence-electron chi connectivity index (χ4n) is 2.81. The summed E-state index contributed by atoms with van der Waals surface area (Å²) in [6, 6.07) is 9.38.